The number of anilines is 1. The van der Waals surface area contributed by atoms with Gasteiger partial charge in [0.05, 0.1) is 19.2 Å². The molecule has 2 aliphatic rings. The zero-order valence-electron chi connectivity index (χ0n) is 16.0. The molecule has 2 aromatic rings. The number of methoxy groups -OCH3 is 1. The molecule has 1 N–H and O–H groups in total. The zero-order chi connectivity index (χ0) is 20.9. The molecule has 2 heterocycles. The Bertz CT molecular complexity index is 1090. The SMILES string of the molecule is COC(=O)[C@@]1(c2ccccc2)NCC(C#N)(C#N)[C@@]12C(=O)N(C)c1ccccc12. The fraction of sp³-hybridized carbons (Fsp3) is 0.273. The van der Waals surface area contributed by atoms with E-state index in [1.54, 1.807) is 61.6 Å². The van der Waals surface area contributed by atoms with Gasteiger partial charge in [-0.05, 0) is 17.2 Å². The highest BCUT2D eigenvalue weighted by Gasteiger charge is 2.80. The number of para-hydroxylation sites is 1. The van der Waals surface area contributed by atoms with Crippen molar-refractivity contribution in [2.75, 3.05) is 25.6 Å². The van der Waals surface area contributed by atoms with E-state index in [9.17, 15) is 20.1 Å². The summed E-state index contributed by atoms with van der Waals surface area (Å²) in [6, 6.07) is 19.8. The number of hydrogen-bond donors (Lipinski definition) is 1. The third-order valence-corrected chi connectivity index (χ3v) is 6.20. The highest BCUT2D eigenvalue weighted by molar-refractivity contribution is 6.14. The molecule has 1 saturated heterocycles. The number of likely N-dealkylation sites (N-methyl/N-ethyl adjacent to an activating group) is 1. The minimum atomic E-state index is -1.82. The predicted octanol–water partition coefficient (Wildman–Crippen LogP) is 1.61. The largest absolute Gasteiger partial charge is 0.467 e. The van der Waals surface area contributed by atoms with E-state index in [0.29, 0.717) is 16.8 Å². The van der Waals surface area contributed by atoms with Crippen molar-refractivity contribution in [2.24, 2.45) is 5.41 Å². The molecule has 1 fully saturated rings. The van der Waals surface area contributed by atoms with E-state index in [2.05, 4.69) is 17.5 Å². The summed E-state index contributed by atoms with van der Waals surface area (Å²) < 4.78 is 5.17. The van der Waals surface area contributed by atoms with Crippen LogP contribution in [-0.4, -0.2) is 32.6 Å². The number of esters is 1. The fourth-order valence-electron chi connectivity index (χ4n) is 4.96. The van der Waals surface area contributed by atoms with Gasteiger partial charge in [-0.1, -0.05) is 48.5 Å². The minimum absolute atomic E-state index is 0.169. The lowest BCUT2D eigenvalue weighted by Crippen LogP contribution is -2.65. The fourth-order valence-corrected chi connectivity index (χ4v) is 4.96. The molecule has 0 aliphatic carbocycles. The van der Waals surface area contributed by atoms with Crippen molar-refractivity contribution in [1.29, 1.82) is 10.5 Å². The van der Waals surface area contributed by atoms with Crippen molar-refractivity contribution in [3.8, 4) is 12.1 Å². The first kappa shape index (κ1) is 18.7. The molecule has 7 heteroatoms. The molecule has 0 unspecified atom stereocenters. The molecule has 4 rings (SSSR count). The second kappa shape index (κ2) is 6.16. The van der Waals surface area contributed by atoms with Crippen LogP contribution in [0, 0.1) is 28.1 Å². The number of ether oxygens (including phenoxy) is 1. The molecule has 2 aromatic carbocycles. The van der Waals surface area contributed by atoms with E-state index >= 15 is 0 Å². The van der Waals surface area contributed by atoms with Gasteiger partial charge in [-0.15, -0.1) is 0 Å². The summed E-state index contributed by atoms with van der Waals surface area (Å²) in [4.78, 5) is 28.7. The van der Waals surface area contributed by atoms with Crippen LogP contribution in [0.5, 0.6) is 0 Å². The Balaban J connectivity index is 2.23. The molecule has 0 aromatic heterocycles. The van der Waals surface area contributed by atoms with Crippen LogP contribution in [0.3, 0.4) is 0 Å². The molecule has 29 heavy (non-hydrogen) atoms. The predicted molar refractivity (Wildman–Crippen MR) is 103 cm³/mol. The number of carbonyl (C=O) groups is 2. The van der Waals surface area contributed by atoms with Crippen LogP contribution < -0.4 is 10.2 Å². The number of hydrogen-bond acceptors (Lipinski definition) is 6. The van der Waals surface area contributed by atoms with E-state index in [0.717, 1.165) is 0 Å². The monoisotopic (exact) mass is 386 g/mol. The van der Waals surface area contributed by atoms with Crippen molar-refractivity contribution in [2.45, 2.75) is 11.0 Å². The van der Waals surface area contributed by atoms with Gasteiger partial charge in [-0.2, -0.15) is 10.5 Å². The number of amides is 1. The molecular weight excluding hydrogens is 368 g/mol. The molecule has 2 atom stereocenters. The van der Waals surface area contributed by atoms with Gasteiger partial charge in [0.1, 0.15) is 5.41 Å². The summed E-state index contributed by atoms with van der Waals surface area (Å²) in [5.41, 5.74) is -3.92. The van der Waals surface area contributed by atoms with E-state index in [-0.39, 0.29) is 6.54 Å². The van der Waals surface area contributed by atoms with E-state index in [4.69, 9.17) is 4.74 Å². The number of nitrogens with zero attached hydrogens (tertiary/aromatic N) is 3. The lowest BCUT2D eigenvalue weighted by Gasteiger charge is -2.43. The average Bonchev–Trinajstić information content (AvgIpc) is 3.22. The third kappa shape index (κ3) is 1.88. The second-order valence-electron chi connectivity index (χ2n) is 7.22. The zero-order valence-corrected chi connectivity index (χ0v) is 16.0. The first-order valence-corrected chi connectivity index (χ1v) is 9.06. The first-order chi connectivity index (χ1) is 14.0. The van der Waals surface area contributed by atoms with Gasteiger partial charge in [0.15, 0.2) is 11.0 Å². The van der Waals surface area contributed by atoms with Crippen LogP contribution >= 0.6 is 0 Å². The van der Waals surface area contributed by atoms with Crippen LogP contribution in [0.4, 0.5) is 5.69 Å². The number of rotatable bonds is 2. The minimum Gasteiger partial charge on any atom is -0.467 e. The van der Waals surface area contributed by atoms with Crippen LogP contribution in [0.1, 0.15) is 11.1 Å². The van der Waals surface area contributed by atoms with Crippen molar-refractivity contribution in [3.05, 3.63) is 65.7 Å². The van der Waals surface area contributed by atoms with E-state index in [1.165, 1.54) is 12.0 Å². The number of benzene rings is 2. The summed E-state index contributed by atoms with van der Waals surface area (Å²) in [6.45, 7) is -0.169. The lowest BCUT2D eigenvalue weighted by molar-refractivity contribution is -0.155. The van der Waals surface area contributed by atoms with Gasteiger partial charge in [-0.25, -0.2) is 4.79 Å². The van der Waals surface area contributed by atoms with Gasteiger partial charge in [0, 0.05) is 19.3 Å². The van der Waals surface area contributed by atoms with Crippen LogP contribution in [-0.2, 0) is 25.3 Å². The number of nitriles is 2. The second-order valence-corrected chi connectivity index (χ2v) is 7.22. The summed E-state index contributed by atoms with van der Waals surface area (Å²) in [6.07, 6.45) is 0. The maximum absolute atomic E-state index is 13.9. The topological polar surface area (TPSA) is 106 Å². The van der Waals surface area contributed by atoms with Crippen LogP contribution in [0.2, 0.25) is 0 Å². The number of fused-ring (bicyclic) bond motifs is 2. The Labute approximate surface area is 168 Å². The standard InChI is InChI=1S/C22H18N4O3/c1-26-17-11-7-6-10-16(17)21(18(26)27)20(12-23,13-24)14-25-22(21,19(28)29-2)15-8-4-3-5-9-15/h3-11,25H,14H2,1-2H3/t21-,22-/m1/s1. The average molecular weight is 386 g/mol. The number of nitrogens with one attached hydrogen (secondary N) is 1. The summed E-state index contributed by atoms with van der Waals surface area (Å²) in [5, 5.41) is 23.4. The van der Waals surface area contributed by atoms with Crippen LogP contribution in [0.15, 0.2) is 54.6 Å². The molecule has 7 nitrogen and oxygen atoms in total. The highest BCUT2D eigenvalue weighted by Crippen LogP contribution is 2.63. The molecule has 2 aliphatic heterocycles. The Morgan fingerprint density at radius 1 is 1.10 bits per heavy atom. The van der Waals surface area contributed by atoms with Crippen molar-refractivity contribution in [3.63, 3.8) is 0 Å². The quantitative estimate of drug-likeness (QED) is 0.786. The smallest absolute Gasteiger partial charge is 0.332 e. The Kier molecular flexibility index (Phi) is 3.97. The summed E-state index contributed by atoms with van der Waals surface area (Å²) in [7, 11) is 2.82. The van der Waals surface area contributed by atoms with Gasteiger partial charge < -0.3 is 9.64 Å². The van der Waals surface area contributed by atoms with Crippen molar-refractivity contribution in [1.82, 2.24) is 5.32 Å². The Morgan fingerprint density at radius 3 is 2.34 bits per heavy atom. The lowest BCUT2D eigenvalue weighted by atomic mass is 9.53. The van der Waals surface area contributed by atoms with E-state index < -0.39 is 28.2 Å². The van der Waals surface area contributed by atoms with Crippen molar-refractivity contribution >= 4 is 17.6 Å². The van der Waals surface area contributed by atoms with Gasteiger partial charge in [0.2, 0.25) is 5.91 Å². The molecule has 144 valence electrons. The molecule has 0 radical (unpaired) electrons. The number of carbonyl (C=O) groups excluding carboxylic acids is 2. The normalized spacial score (nSPS) is 26.6. The molecule has 0 saturated carbocycles. The highest BCUT2D eigenvalue weighted by atomic mass is 16.5. The summed E-state index contributed by atoms with van der Waals surface area (Å²) in [5.74, 6) is -1.23. The van der Waals surface area contributed by atoms with Gasteiger partial charge >= 0.3 is 5.97 Å². The molecule has 1 spiro atoms. The van der Waals surface area contributed by atoms with Crippen molar-refractivity contribution < 1.29 is 14.3 Å². The maximum Gasteiger partial charge on any atom is 0.332 e. The van der Waals surface area contributed by atoms with E-state index in [1.807, 2.05) is 0 Å². The van der Waals surface area contributed by atoms with Gasteiger partial charge in [0.25, 0.3) is 0 Å². The van der Waals surface area contributed by atoms with Crippen LogP contribution in [0.25, 0.3) is 0 Å². The Morgan fingerprint density at radius 2 is 1.72 bits per heavy atom. The third-order valence-electron chi connectivity index (χ3n) is 6.20. The first-order valence-electron chi connectivity index (χ1n) is 9.06. The molecular formula is C22H18N4O3. The summed E-state index contributed by atoms with van der Waals surface area (Å²) >= 11 is 0. The van der Waals surface area contributed by atoms with Gasteiger partial charge in [-0.3, -0.25) is 10.1 Å². The molecule has 0 bridgehead atoms. The Hall–Kier alpha value is -3.68. The maximum atomic E-state index is 13.9. The molecule has 1 amide bonds.